The molecule has 192 valence electrons. The molecule has 0 saturated carbocycles. The van der Waals surface area contributed by atoms with Gasteiger partial charge in [-0.2, -0.15) is 0 Å². The van der Waals surface area contributed by atoms with E-state index in [0.717, 1.165) is 75.1 Å². The number of amides is 2. The van der Waals surface area contributed by atoms with Crippen LogP contribution < -0.4 is 5.32 Å². The van der Waals surface area contributed by atoms with Gasteiger partial charge in [0.2, 0.25) is 5.91 Å². The molecule has 0 spiro atoms. The largest absolute Gasteiger partial charge is 0.390 e. The van der Waals surface area contributed by atoms with Crippen molar-refractivity contribution in [2.75, 3.05) is 44.6 Å². The average molecular weight is 491 g/mol. The second-order valence-electron chi connectivity index (χ2n) is 10.6. The average Bonchev–Trinajstić information content (AvgIpc) is 3.11. The summed E-state index contributed by atoms with van der Waals surface area (Å²) in [5.41, 5.74) is 5.60. The van der Waals surface area contributed by atoms with Crippen molar-refractivity contribution in [3.05, 3.63) is 64.7 Å². The van der Waals surface area contributed by atoms with Gasteiger partial charge in [-0.05, 0) is 67.0 Å². The van der Waals surface area contributed by atoms with Crippen molar-refractivity contribution < 1.29 is 14.7 Å². The minimum absolute atomic E-state index is 0.0115. The molecule has 1 saturated heterocycles. The lowest BCUT2D eigenvalue weighted by molar-refractivity contribution is -0.128. The number of nitrogens with one attached hydrogen (secondary N) is 1. The maximum Gasteiger partial charge on any atom is 0.254 e. The summed E-state index contributed by atoms with van der Waals surface area (Å²) in [5.74, 6) is 0.163. The van der Waals surface area contributed by atoms with E-state index in [2.05, 4.69) is 40.5 Å². The molecule has 0 bridgehead atoms. The molecule has 5 rings (SSSR count). The van der Waals surface area contributed by atoms with E-state index in [1.165, 1.54) is 11.1 Å². The van der Waals surface area contributed by atoms with E-state index in [9.17, 15) is 14.7 Å². The summed E-state index contributed by atoms with van der Waals surface area (Å²) in [4.78, 5) is 30.9. The van der Waals surface area contributed by atoms with Gasteiger partial charge < -0.3 is 20.2 Å². The van der Waals surface area contributed by atoms with E-state index in [1.54, 1.807) is 11.8 Å². The molecule has 2 N–H and O–H groups in total. The molecular formula is C29H38N4O3. The molecule has 0 aromatic heterocycles. The lowest BCUT2D eigenvalue weighted by Gasteiger charge is -2.34. The van der Waals surface area contributed by atoms with Crippen molar-refractivity contribution in [3.63, 3.8) is 0 Å². The van der Waals surface area contributed by atoms with Crippen LogP contribution in [0.3, 0.4) is 0 Å². The first-order chi connectivity index (χ1) is 17.5. The van der Waals surface area contributed by atoms with Crippen LogP contribution in [-0.2, 0) is 24.2 Å². The number of hydrogen-bond acceptors (Lipinski definition) is 5. The number of hydrogen-bond donors (Lipinski definition) is 2. The Labute approximate surface area is 214 Å². The van der Waals surface area contributed by atoms with Crippen molar-refractivity contribution in [2.24, 2.45) is 0 Å². The molecule has 1 fully saturated rings. The van der Waals surface area contributed by atoms with Gasteiger partial charge in [0.05, 0.1) is 6.10 Å². The number of anilines is 1. The van der Waals surface area contributed by atoms with Gasteiger partial charge in [0, 0.05) is 70.0 Å². The number of aliphatic hydroxyl groups is 1. The Hall–Kier alpha value is -2.90. The summed E-state index contributed by atoms with van der Waals surface area (Å²) < 4.78 is 0. The van der Waals surface area contributed by atoms with Crippen LogP contribution in [0.1, 0.15) is 53.2 Å². The van der Waals surface area contributed by atoms with Crippen LogP contribution in [-0.4, -0.2) is 83.0 Å². The Morgan fingerprint density at radius 3 is 2.64 bits per heavy atom. The highest BCUT2D eigenvalue weighted by Crippen LogP contribution is 2.25. The molecule has 3 heterocycles. The number of fused-ring (bicyclic) bond motifs is 2. The molecule has 7 heteroatoms. The van der Waals surface area contributed by atoms with E-state index in [1.807, 2.05) is 17.0 Å². The third-order valence-corrected chi connectivity index (χ3v) is 7.93. The number of benzene rings is 2. The zero-order chi connectivity index (χ0) is 25.1. The van der Waals surface area contributed by atoms with Crippen molar-refractivity contribution in [1.82, 2.24) is 14.7 Å². The Morgan fingerprint density at radius 2 is 1.81 bits per heavy atom. The minimum Gasteiger partial charge on any atom is -0.390 e. The Morgan fingerprint density at radius 1 is 1.00 bits per heavy atom. The van der Waals surface area contributed by atoms with Gasteiger partial charge in [-0.15, -0.1) is 0 Å². The molecule has 3 aliphatic heterocycles. The predicted molar refractivity (Wildman–Crippen MR) is 141 cm³/mol. The number of carbonyl (C=O) groups is 2. The van der Waals surface area contributed by atoms with E-state index in [-0.39, 0.29) is 11.8 Å². The second kappa shape index (κ2) is 11.0. The molecular weight excluding hydrogens is 452 g/mol. The summed E-state index contributed by atoms with van der Waals surface area (Å²) in [6.07, 6.45) is 4.21. The third-order valence-electron chi connectivity index (χ3n) is 7.93. The molecule has 0 radical (unpaired) electrons. The maximum absolute atomic E-state index is 13.2. The number of rotatable bonds is 6. The molecule has 3 aliphatic rings. The molecule has 1 unspecified atom stereocenters. The number of likely N-dealkylation sites (tertiary alicyclic amines) is 1. The quantitative estimate of drug-likeness (QED) is 0.651. The molecule has 36 heavy (non-hydrogen) atoms. The monoisotopic (exact) mass is 490 g/mol. The number of carbonyl (C=O) groups excluding carboxylic acids is 2. The van der Waals surface area contributed by atoms with Gasteiger partial charge in [-0.3, -0.25) is 14.5 Å². The van der Waals surface area contributed by atoms with Gasteiger partial charge in [-0.25, -0.2) is 0 Å². The first-order valence-electron chi connectivity index (χ1n) is 13.4. The Bertz CT molecular complexity index is 1100. The summed E-state index contributed by atoms with van der Waals surface area (Å²) in [5, 5.41) is 14.4. The van der Waals surface area contributed by atoms with Crippen LogP contribution in [0.25, 0.3) is 0 Å². The van der Waals surface area contributed by atoms with Crippen LogP contribution in [0.5, 0.6) is 0 Å². The standard InChI is InChI=1S/C29H38N4O3/c1-21(34)32-13-4-7-25(12-16-32)30-26-8-9-28-23(17-26)11-15-33(29(28)36)20-27(35)19-31-14-10-22-5-2-3-6-24(22)18-31/h2-3,5-6,8-9,17,25,27,30,35H,4,7,10-16,18-20H2,1H3/t25?,27-/m1/s1. The number of aliphatic hydroxyl groups excluding tert-OH is 1. The molecule has 2 amide bonds. The fourth-order valence-corrected chi connectivity index (χ4v) is 5.91. The summed E-state index contributed by atoms with van der Waals surface area (Å²) in [6, 6.07) is 14.9. The van der Waals surface area contributed by atoms with Crippen LogP contribution >= 0.6 is 0 Å². The summed E-state index contributed by atoms with van der Waals surface area (Å²) in [6.45, 7) is 6.63. The first-order valence-corrected chi connectivity index (χ1v) is 13.4. The minimum atomic E-state index is -0.563. The number of β-amino-alcohol motifs (C(OH)–C–C–N with tert-alkyl or cyclic N) is 1. The zero-order valence-corrected chi connectivity index (χ0v) is 21.3. The number of nitrogens with zero attached hydrogens (tertiary/aromatic N) is 3. The topological polar surface area (TPSA) is 76.1 Å². The van der Waals surface area contributed by atoms with Gasteiger partial charge in [0.1, 0.15) is 0 Å². The van der Waals surface area contributed by atoms with Crippen molar-refractivity contribution in [3.8, 4) is 0 Å². The van der Waals surface area contributed by atoms with E-state index in [4.69, 9.17) is 0 Å². The Balaban J connectivity index is 1.15. The third kappa shape index (κ3) is 5.73. The maximum atomic E-state index is 13.2. The van der Waals surface area contributed by atoms with Crippen molar-refractivity contribution in [2.45, 2.75) is 57.7 Å². The summed E-state index contributed by atoms with van der Waals surface area (Å²) in [7, 11) is 0. The van der Waals surface area contributed by atoms with Crippen molar-refractivity contribution >= 4 is 17.5 Å². The Kier molecular flexibility index (Phi) is 7.58. The highest BCUT2D eigenvalue weighted by atomic mass is 16.3. The lowest BCUT2D eigenvalue weighted by Crippen LogP contribution is -2.46. The van der Waals surface area contributed by atoms with Gasteiger partial charge in [0.15, 0.2) is 0 Å². The highest BCUT2D eigenvalue weighted by molar-refractivity contribution is 5.97. The molecule has 2 atom stereocenters. The SMILES string of the molecule is CC(=O)N1CCCC(Nc2ccc3c(c2)CCN(C[C@H](O)CN2CCc4ccccc4C2)C3=O)CC1. The van der Waals surface area contributed by atoms with Gasteiger partial charge >= 0.3 is 0 Å². The normalized spacial score (nSPS) is 21.4. The highest BCUT2D eigenvalue weighted by Gasteiger charge is 2.28. The van der Waals surface area contributed by atoms with Gasteiger partial charge in [-0.1, -0.05) is 24.3 Å². The fourth-order valence-electron chi connectivity index (χ4n) is 5.91. The molecule has 2 aromatic rings. The van der Waals surface area contributed by atoms with Crippen LogP contribution in [0, 0.1) is 0 Å². The molecule has 2 aromatic carbocycles. The summed E-state index contributed by atoms with van der Waals surface area (Å²) >= 11 is 0. The predicted octanol–water partition coefficient (Wildman–Crippen LogP) is 2.92. The van der Waals surface area contributed by atoms with Gasteiger partial charge in [0.25, 0.3) is 5.91 Å². The van der Waals surface area contributed by atoms with Crippen molar-refractivity contribution in [1.29, 1.82) is 0 Å². The van der Waals surface area contributed by atoms with Crippen LogP contribution in [0.15, 0.2) is 42.5 Å². The molecule has 0 aliphatic carbocycles. The lowest BCUT2D eigenvalue weighted by atomic mass is 9.97. The smallest absolute Gasteiger partial charge is 0.254 e. The van der Waals surface area contributed by atoms with E-state index >= 15 is 0 Å². The van der Waals surface area contributed by atoms with Crippen LogP contribution in [0.2, 0.25) is 0 Å². The molecule has 7 nitrogen and oxygen atoms in total. The second-order valence-corrected chi connectivity index (χ2v) is 10.6. The van der Waals surface area contributed by atoms with E-state index in [0.29, 0.717) is 25.7 Å². The van der Waals surface area contributed by atoms with E-state index < -0.39 is 6.10 Å². The fraction of sp³-hybridized carbons (Fsp3) is 0.517. The first kappa shape index (κ1) is 24.8. The van der Waals surface area contributed by atoms with Crippen LogP contribution in [0.4, 0.5) is 5.69 Å². The zero-order valence-electron chi connectivity index (χ0n) is 21.3.